The van der Waals surface area contributed by atoms with Gasteiger partial charge in [-0.2, -0.15) is 4.31 Å². The highest BCUT2D eigenvalue weighted by Gasteiger charge is 2.35. The van der Waals surface area contributed by atoms with Crippen molar-refractivity contribution in [3.63, 3.8) is 0 Å². The normalized spacial score (nSPS) is 15.4. The van der Waals surface area contributed by atoms with E-state index in [1.165, 1.54) is 16.4 Å². The van der Waals surface area contributed by atoms with Crippen LogP contribution in [0.15, 0.2) is 89.8 Å². The molecular weight excluding hydrogens is 625 g/mol. The lowest BCUT2D eigenvalue weighted by Gasteiger charge is -2.31. The highest BCUT2D eigenvalue weighted by molar-refractivity contribution is 7.89. The fraction of sp³-hybridized carbons (Fsp3) is 0.474. The number of nitrogen functional groups attached to an aromatic ring is 1. The quantitative estimate of drug-likeness (QED) is 0.111. The third kappa shape index (κ3) is 10.1. The maximum atomic E-state index is 14.0. The Hall–Kier alpha value is -3.73. The number of rotatable bonds is 17. The number of nitrogens with zero attached hydrogens (tertiary/aromatic N) is 1. The Balaban J connectivity index is 1.46. The number of nitrogens with one attached hydrogen (secondary N) is 2. The Labute approximate surface area is 286 Å². The molecule has 1 unspecified atom stereocenters. The fourth-order valence-corrected chi connectivity index (χ4v) is 8.38. The Morgan fingerprint density at radius 2 is 1.46 bits per heavy atom. The van der Waals surface area contributed by atoms with Gasteiger partial charge in [-0.15, -0.1) is 0 Å². The number of aliphatic hydroxyl groups is 1. The van der Waals surface area contributed by atoms with E-state index in [9.17, 15) is 23.1 Å². The molecule has 0 bridgehead atoms. The Morgan fingerprint density at radius 1 is 0.875 bits per heavy atom. The summed E-state index contributed by atoms with van der Waals surface area (Å²) in [5.74, 6) is -0.783. The van der Waals surface area contributed by atoms with Gasteiger partial charge in [-0.1, -0.05) is 100 Å². The van der Waals surface area contributed by atoms with Gasteiger partial charge in [0.05, 0.1) is 11.5 Å². The van der Waals surface area contributed by atoms with E-state index in [2.05, 4.69) is 10.6 Å². The molecule has 3 aromatic carbocycles. The maximum Gasteiger partial charge on any atom is 0.243 e. The number of benzene rings is 3. The molecule has 1 saturated carbocycles. The standard InChI is InChI=1S/C38H52N4O5S/c1-28(2)26-42(48(46,47)34-23-21-32(39)22-24-34)33(27-43)20-12-13-25-40-38(45)36(41-37(44)31-18-10-5-11-19-31)35(29-14-6-3-7-15-29)30-16-8-4-9-17-30/h3-4,6-9,14-17,21-24,28,31,33,35-36,43H,5,10-13,18-20,25-27,39H2,1-2H3,(H,40,45)(H,41,44)/t33?,36-/m0/s1. The highest BCUT2D eigenvalue weighted by atomic mass is 32.2. The number of hydrogen-bond donors (Lipinski definition) is 4. The van der Waals surface area contributed by atoms with Crippen LogP contribution in [0.3, 0.4) is 0 Å². The molecule has 48 heavy (non-hydrogen) atoms. The van der Waals surface area contributed by atoms with Gasteiger partial charge in [0, 0.05) is 36.7 Å². The van der Waals surface area contributed by atoms with E-state index < -0.39 is 22.1 Å². The monoisotopic (exact) mass is 676 g/mol. The summed E-state index contributed by atoms with van der Waals surface area (Å²) in [5, 5.41) is 16.5. The Morgan fingerprint density at radius 3 is 2.00 bits per heavy atom. The molecule has 0 aromatic heterocycles. The first-order valence-corrected chi connectivity index (χ1v) is 18.7. The van der Waals surface area contributed by atoms with Crippen LogP contribution in [0.5, 0.6) is 0 Å². The zero-order chi connectivity index (χ0) is 34.5. The molecule has 4 rings (SSSR count). The van der Waals surface area contributed by atoms with Gasteiger partial charge in [0.25, 0.3) is 0 Å². The van der Waals surface area contributed by atoms with Crippen LogP contribution in [0, 0.1) is 11.8 Å². The number of hydrogen-bond acceptors (Lipinski definition) is 6. The molecule has 5 N–H and O–H groups in total. The second-order valence-corrected chi connectivity index (χ2v) is 15.2. The number of amides is 2. The van der Waals surface area contributed by atoms with Crippen molar-refractivity contribution in [1.29, 1.82) is 0 Å². The molecule has 2 atom stereocenters. The first-order chi connectivity index (χ1) is 23.1. The van der Waals surface area contributed by atoms with Gasteiger partial charge < -0.3 is 21.5 Å². The number of nitrogens with two attached hydrogens (primary N) is 1. The van der Waals surface area contributed by atoms with Gasteiger partial charge in [0.1, 0.15) is 6.04 Å². The summed E-state index contributed by atoms with van der Waals surface area (Å²) in [7, 11) is -3.87. The van der Waals surface area contributed by atoms with Crippen LogP contribution in [0.25, 0.3) is 0 Å². The van der Waals surface area contributed by atoms with Crippen LogP contribution in [0.2, 0.25) is 0 Å². The van der Waals surface area contributed by atoms with Crippen LogP contribution in [-0.4, -0.2) is 61.4 Å². The predicted molar refractivity (Wildman–Crippen MR) is 191 cm³/mol. The summed E-state index contributed by atoms with van der Waals surface area (Å²) in [6.45, 7) is 4.17. The van der Waals surface area contributed by atoms with Crippen molar-refractivity contribution in [3.8, 4) is 0 Å². The summed E-state index contributed by atoms with van der Waals surface area (Å²) < 4.78 is 28.6. The summed E-state index contributed by atoms with van der Waals surface area (Å²) >= 11 is 0. The molecule has 2 amide bonds. The van der Waals surface area contributed by atoms with E-state index in [-0.39, 0.29) is 47.6 Å². The summed E-state index contributed by atoms with van der Waals surface area (Å²) in [6.07, 6.45) is 6.39. The maximum absolute atomic E-state index is 14.0. The third-order valence-corrected chi connectivity index (χ3v) is 11.1. The highest BCUT2D eigenvalue weighted by Crippen LogP contribution is 2.30. The summed E-state index contributed by atoms with van der Waals surface area (Å²) in [4.78, 5) is 27.6. The Bertz CT molecular complexity index is 1490. The Kier molecular flexibility index (Phi) is 14.0. The summed E-state index contributed by atoms with van der Waals surface area (Å²) in [6, 6.07) is 24.2. The van der Waals surface area contributed by atoms with E-state index in [4.69, 9.17) is 5.73 Å². The lowest BCUT2D eigenvalue weighted by molar-refractivity contribution is -0.132. The van der Waals surface area contributed by atoms with Crippen LogP contribution >= 0.6 is 0 Å². The number of anilines is 1. The van der Waals surface area contributed by atoms with E-state index in [1.807, 2.05) is 74.5 Å². The van der Waals surface area contributed by atoms with Crippen molar-refractivity contribution < 1.29 is 23.1 Å². The van der Waals surface area contributed by atoms with E-state index in [0.717, 1.165) is 43.2 Å². The van der Waals surface area contributed by atoms with Crippen molar-refractivity contribution in [2.75, 3.05) is 25.4 Å². The molecule has 0 aliphatic heterocycles. The number of carbonyl (C=O) groups excluding carboxylic acids is 2. The number of aliphatic hydroxyl groups excluding tert-OH is 1. The van der Waals surface area contributed by atoms with E-state index in [0.29, 0.717) is 31.5 Å². The average molecular weight is 677 g/mol. The molecule has 0 radical (unpaired) electrons. The van der Waals surface area contributed by atoms with Crippen LogP contribution < -0.4 is 16.4 Å². The first kappa shape index (κ1) is 37.1. The number of carbonyl (C=O) groups is 2. The molecular formula is C38H52N4O5S. The van der Waals surface area contributed by atoms with E-state index >= 15 is 0 Å². The zero-order valence-electron chi connectivity index (χ0n) is 28.3. The van der Waals surface area contributed by atoms with Gasteiger partial charge in [0.2, 0.25) is 21.8 Å². The molecule has 9 nitrogen and oxygen atoms in total. The number of sulfonamides is 1. The van der Waals surface area contributed by atoms with Crippen LogP contribution in [-0.2, 0) is 19.6 Å². The van der Waals surface area contributed by atoms with Crippen molar-refractivity contribution in [2.45, 2.75) is 88.1 Å². The van der Waals surface area contributed by atoms with Gasteiger partial charge in [0.15, 0.2) is 0 Å². The van der Waals surface area contributed by atoms with Crippen molar-refractivity contribution >= 4 is 27.5 Å². The number of unbranched alkanes of at least 4 members (excludes halogenated alkanes) is 1. The topological polar surface area (TPSA) is 142 Å². The van der Waals surface area contributed by atoms with Crippen molar-refractivity contribution in [2.24, 2.45) is 11.8 Å². The van der Waals surface area contributed by atoms with Gasteiger partial charge >= 0.3 is 0 Å². The molecule has 260 valence electrons. The SMILES string of the molecule is CC(C)CN(C(CO)CCCCNC(=O)[C@@H](NC(=O)C1CCCCC1)C(c1ccccc1)c1ccccc1)S(=O)(=O)c1ccc(N)cc1. The van der Waals surface area contributed by atoms with Crippen LogP contribution in [0.1, 0.15) is 82.3 Å². The van der Waals surface area contributed by atoms with Crippen molar-refractivity contribution in [3.05, 3.63) is 96.1 Å². The van der Waals surface area contributed by atoms with E-state index in [1.54, 1.807) is 12.1 Å². The molecule has 1 fully saturated rings. The minimum absolute atomic E-state index is 0.0461. The predicted octanol–water partition coefficient (Wildman–Crippen LogP) is 5.46. The van der Waals surface area contributed by atoms with Crippen molar-refractivity contribution in [1.82, 2.24) is 14.9 Å². The lowest BCUT2D eigenvalue weighted by atomic mass is 9.83. The van der Waals surface area contributed by atoms with Gasteiger partial charge in [-0.3, -0.25) is 9.59 Å². The molecule has 0 saturated heterocycles. The molecule has 1 aliphatic carbocycles. The smallest absolute Gasteiger partial charge is 0.243 e. The summed E-state index contributed by atoms with van der Waals surface area (Å²) in [5.41, 5.74) is 8.13. The van der Waals surface area contributed by atoms with Gasteiger partial charge in [-0.05, 0) is 67.0 Å². The average Bonchev–Trinajstić information content (AvgIpc) is 3.10. The zero-order valence-corrected chi connectivity index (χ0v) is 29.1. The largest absolute Gasteiger partial charge is 0.399 e. The molecule has 1 aliphatic rings. The molecule has 0 spiro atoms. The van der Waals surface area contributed by atoms with Gasteiger partial charge in [-0.25, -0.2) is 8.42 Å². The minimum Gasteiger partial charge on any atom is -0.399 e. The molecule has 10 heteroatoms. The second kappa shape index (κ2) is 18.1. The lowest BCUT2D eigenvalue weighted by Crippen LogP contribution is -2.52. The first-order valence-electron chi connectivity index (χ1n) is 17.3. The van der Waals surface area contributed by atoms with Crippen LogP contribution in [0.4, 0.5) is 5.69 Å². The molecule has 3 aromatic rings. The fourth-order valence-electron chi connectivity index (χ4n) is 6.57. The minimum atomic E-state index is -3.87. The molecule has 0 heterocycles. The second-order valence-electron chi connectivity index (χ2n) is 13.3. The third-order valence-electron chi connectivity index (χ3n) is 9.12.